The van der Waals surface area contributed by atoms with Gasteiger partial charge in [-0.1, -0.05) is 6.07 Å². The quantitative estimate of drug-likeness (QED) is 0.682. The van der Waals surface area contributed by atoms with Crippen LogP contribution in [-0.2, 0) is 0 Å². The number of alkyl halides is 2. The predicted molar refractivity (Wildman–Crippen MR) is 68.2 cm³/mol. The van der Waals surface area contributed by atoms with Crippen molar-refractivity contribution in [3.8, 4) is 5.75 Å². The van der Waals surface area contributed by atoms with Gasteiger partial charge in [0.05, 0.1) is 0 Å². The number of halogens is 2. The van der Waals surface area contributed by atoms with Gasteiger partial charge in [-0.05, 0) is 59.7 Å². The molecule has 1 aromatic carbocycles. The van der Waals surface area contributed by atoms with Gasteiger partial charge in [-0.25, -0.2) is 4.39 Å². The normalized spacial score (nSPS) is 14.7. The van der Waals surface area contributed by atoms with Crippen molar-refractivity contribution in [3.63, 3.8) is 0 Å². The Morgan fingerprint density at radius 1 is 1.47 bits per heavy atom. The van der Waals surface area contributed by atoms with E-state index in [0.29, 0.717) is 5.75 Å². The largest absolute Gasteiger partial charge is 0.490 e. The molecule has 2 atom stereocenters. The molecule has 0 heterocycles. The molecule has 0 radical (unpaired) electrons. The molecule has 0 fully saturated rings. The minimum absolute atomic E-state index is 0.0342. The Hall–Kier alpha value is -0.360. The third-order valence-corrected chi connectivity index (χ3v) is 2.33. The van der Waals surface area contributed by atoms with E-state index in [1.165, 1.54) is 0 Å². The molecule has 0 aromatic heterocycles. The van der Waals surface area contributed by atoms with Crippen LogP contribution in [0.3, 0.4) is 0 Å². The molecular weight excluding hydrogens is 308 g/mol. The van der Waals surface area contributed by atoms with Crippen molar-refractivity contribution in [2.24, 2.45) is 5.73 Å². The van der Waals surface area contributed by atoms with Gasteiger partial charge in [0.1, 0.15) is 12.4 Å². The molecule has 0 bridgehead atoms. The summed E-state index contributed by atoms with van der Waals surface area (Å²) in [5.41, 5.74) is 7.86. The molecule has 4 heteroatoms. The average Bonchev–Trinajstić information content (AvgIpc) is 2.13. The zero-order valence-electron chi connectivity index (χ0n) is 8.84. The number of rotatable bonds is 4. The van der Waals surface area contributed by atoms with E-state index in [1.54, 1.807) is 22.6 Å². The molecule has 1 aromatic rings. The lowest BCUT2D eigenvalue weighted by molar-refractivity contribution is 0.262. The molecule has 1 rings (SSSR count). The summed E-state index contributed by atoms with van der Waals surface area (Å²) in [6, 6.07) is 5.71. The predicted octanol–water partition coefficient (Wildman–Crippen LogP) is 3.12. The van der Waals surface area contributed by atoms with Crippen LogP contribution < -0.4 is 10.5 Å². The maximum atomic E-state index is 12.6. The first kappa shape index (κ1) is 12.7. The molecule has 2 nitrogen and oxygen atoms in total. The van der Waals surface area contributed by atoms with Gasteiger partial charge in [-0.2, -0.15) is 0 Å². The summed E-state index contributed by atoms with van der Waals surface area (Å²) in [6.07, 6.45) is 0. The van der Waals surface area contributed by atoms with Gasteiger partial charge < -0.3 is 10.5 Å². The smallest absolute Gasteiger partial charge is 0.184 e. The van der Waals surface area contributed by atoms with Gasteiger partial charge in [-0.3, -0.25) is 0 Å². The molecule has 0 saturated heterocycles. The number of benzene rings is 1. The second-order valence-corrected chi connectivity index (χ2v) is 4.92. The van der Waals surface area contributed by atoms with Crippen LogP contribution >= 0.6 is 22.6 Å². The zero-order valence-corrected chi connectivity index (χ0v) is 11.0. The number of ether oxygens (including phenoxy) is 1. The first-order valence-corrected chi connectivity index (χ1v) is 6.01. The summed E-state index contributed by atoms with van der Waals surface area (Å²) >= 11 is 1.68. The maximum absolute atomic E-state index is 12.6. The number of hydrogen-bond acceptors (Lipinski definition) is 2. The molecule has 0 aliphatic carbocycles. The summed E-state index contributed by atoms with van der Waals surface area (Å²) in [6.45, 7) is 3.95. The van der Waals surface area contributed by atoms with E-state index in [9.17, 15) is 4.39 Å². The molecule has 0 saturated carbocycles. The van der Waals surface area contributed by atoms with Crippen LogP contribution in [0.25, 0.3) is 0 Å². The Balaban J connectivity index is 2.79. The van der Waals surface area contributed by atoms with Crippen molar-refractivity contribution >= 4 is 22.6 Å². The molecule has 0 spiro atoms. The second kappa shape index (κ2) is 5.65. The van der Waals surface area contributed by atoms with Crippen LogP contribution in [-0.4, -0.2) is 10.8 Å². The van der Waals surface area contributed by atoms with Crippen LogP contribution in [0.4, 0.5) is 4.39 Å². The van der Waals surface area contributed by atoms with Gasteiger partial charge in [0, 0.05) is 6.04 Å². The summed E-state index contributed by atoms with van der Waals surface area (Å²) in [7, 11) is 0. The Kier molecular flexibility index (Phi) is 4.79. The van der Waals surface area contributed by atoms with Crippen molar-refractivity contribution in [2.75, 3.05) is 6.61 Å². The van der Waals surface area contributed by atoms with Crippen LogP contribution in [0.2, 0.25) is 0 Å². The topological polar surface area (TPSA) is 35.2 Å². The first-order valence-electron chi connectivity index (χ1n) is 4.77. The van der Waals surface area contributed by atoms with Gasteiger partial charge >= 0.3 is 0 Å². The number of nitrogens with two attached hydrogens (primary N) is 1. The van der Waals surface area contributed by atoms with Gasteiger partial charge in [0.15, 0.2) is 4.18 Å². The molecule has 0 amide bonds. The van der Waals surface area contributed by atoms with Crippen molar-refractivity contribution in [1.82, 2.24) is 0 Å². The first-order chi connectivity index (χ1) is 6.99. The van der Waals surface area contributed by atoms with Crippen molar-refractivity contribution in [1.29, 1.82) is 0 Å². The van der Waals surface area contributed by atoms with Crippen molar-refractivity contribution in [3.05, 3.63) is 29.3 Å². The monoisotopic (exact) mass is 323 g/mol. The highest BCUT2D eigenvalue weighted by molar-refractivity contribution is 14.1. The lowest BCUT2D eigenvalue weighted by Crippen LogP contribution is -2.08. The highest BCUT2D eigenvalue weighted by Gasteiger charge is 2.05. The second-order valence-electron chi connectivity index (χ2n) is 3.57. The molecule has 2 N–H and O–H groups in total. The van der Waals surface area contributed by atoms with Crippen LogP contribution in [0.15, 0.2) is 18.2 Å². The Morgan fingerprint density at radius 2 is 2.13 bits per heavy atom. The zero-order chi connectivity index (χ0) is 11.4. The molecule has 2 unspecified atom stereocenters. The summed E-state index contributed by atoms with van der Waals surface area (Å²) in [4.78, 5) is 0. The summed E-state index contributed by atoms with van der Waals surface area (Å²) < 4.78 is 16.9. The molecule has 84 valence electrons. The Morgan fingerprint density at radius 3 is 2.67 bits per heavy atom. The highest BCUT2D eigenvalue weighted by atomic mass is 127. The molecule has 15 heavy (non-hydrogen) atoms. The average molecular weight is 323 g/mol. The van der Waals surface area contributed by atoms with Crippen molar-refractivity contribution < 1.29 is 9.13 Å². The lowest BCUT2D eigenvalue weighted by Gasteiger charge is -2.11. The van der Waals surface area contributed by atoms with E-state index < -0.39 is 4.18 Å². The highest BCUT2D eigenvalue weighted by Crippen LogP contribution is 2.21. The van der Waals surface area contributed by atoms with Crippen LogP contribution in [0.1, 0.15) is 24.1 Å². The number of aryl methyl sites for hydroxylation is 1. The molecule has 0 aliphatic rings. The fourth-order valence-electron chi connectivity index (χ4n) is 1.28. The lowest BCUT2D eigenvalue weighted by atomic mass is 10.1. The van der Waals surface area contributed by atoms with E-state index in [1.807, 2.05) is 32.0 Å². The van der Waals surface area contributed by atoms with E-state index in [-0.39, 0.29) is 12.6 Å². The van der Waals surface area contributed by atoms with E-state index in [0.717, 1.165) is 11.1 Å². The molecule has 0 aliphatic heterocycles. The maximum Gasteiger partial charge on any atom is 0.184 e. The summed E-state index contributed by atoms with van der Waals surface area (Å²) in [5.74, 6) is 0.682. The standard InChI is InChI=1S/C11H15FINO/c1-7-3-9(8(2)14)5-10(4-7)15-6-11(12)13/h3-5,8,11H,6,14H2,1-2H3. The third kappa shape index (κ3) is 4.34. The SMILES string of the molecule is Cc1cc(OCC(F)I)cc(C(C)N)c1. The van der Waals surface area contributed by atoms with E-state index >= 15 is 0 Å². The molecular formula is C11H15FINO. The Bertz CT molecular complexity index is 328. The van der Waals surface area contributed by atoms with Gasteiger partial charge in [-0.15, -0.1) is 0 Å². The third-order valence-electron chi connectivity index (χ3n) is 1.97. The van der Waals surface area contributed by atoms with Gasteiger partial charge in [0.2, 0.25) is 0 Å². The fourth-order valence-corrected chi connectivity index (χ4v) is 1.46. The van der Waals surface area contributed by atoms with E-state index in [2.05, 4.69) is 0 Å². The fraction of sp³-hybridized carbons (Fsp3) is 0.455. The summed E-state index contributed by atoms with van der Waals surface area (Å²) in [5, 5.41) is 0. The van der Waals surface area contributed by atoms with E-state index in [4.69, 9.17) is 10.5 Å². The van der Waals surface area contributed by atoms with Gasteiger partial charge in [0.25, 0.3) is 0 Å². The Labute approximate surface area is 103 Å². The van der Waals surface area contributed by atoms with Crippen LogP contribution in [0.5, 0.6) is 5.75 Å². The van der Waals surface area contributed by atoms with Crippen molar-refractivity contribution in [2.45, 2.75) is 24.1 Å². The minimum Gasteiger partial charge on any atom is -0.490 e. The number of hydrogen-bond donors (Lipinski definition) is 1. The minimum atomic E-state index is -0.984. The van der Waals surface area contributed by atoms with Crippen LogP contribution in [0, 0.1) is 6.92 Å².